The molecule has 0 radical (unpaired) electrons. The predicted molar refractivity (Wildman–Crippen MR) is 111 cm³/mol. The van der Waals surface area contributed by atoms with E-state index in [1.807, 2.05) is 31.4 Å². The molecule has 3 N–H and O–H groups in total. The minimum absolute atomic E-state index is 0.403. The van der Waals surface area contributed by atoms with E-state index < -0.39 is 5.60 Å². The maximum Gasteiger partial charge on any atom is 0.191 e. The maximum atomic E-state index is 10.7. The summed E-state index contributed by atoms with van der Waals surface area (Å²) in [6.45, 7) is 6.54. The van der Waals surface area contributed by atoms with Gasteiger partial charge in [0.15, 0.2) is 5.96 Å². The average molecular weight is 375 g/mol. The molecule has 2 rings (SSSR count). The van der Waals surface area contributed by atoms with Crippen LogP contribution in [0.5, 0.6) is 0 Å². The Morgan fingerprint density at radius 3 is 2.62 bits per heavy atom. The molecule has 26 heavy (non-hydrogen) atoms. The van der Waals surface area contributed by atoms with Crippen LogP contribution in [0, 0.1) is 0 Å². The fourth-order valence-electron chi connectivity index (χ4n) is 2.63. The van der Waals surface area contributed by atoms with E-state index in [1.165, 1.54) is 11.1 Å². The Morgan fingerprint density at radius 1 is 1.19 bits per heavy atom. The lowest BCUT2D eigenvalue weighted by Crippen LogP contribution is -2.44. The van der Waals surface area contributed by atoms with Crippen LogP contribution in [0.3, 0.4) is 0 Å². The van der Waals surface area contributed by atoms with Gasteiger partial charge in [0.05, 0.1) is 13.1 Å². The van der Waals surface area contributed by atoms with Gasteiger partial charge in [-0.1, -0.05) is 30.3 Å². The van der Waals surface area contributed by atoms with E-state index in [0.717, 1.165) is 18.0 Å². The standard InChI is InChI=1S/C20H30N4OS/c1-5-21-19(23-15-20(2,25)18-10-7-11-26-18)22-13-16-8-6-9-17(12-16)14-24(3)4/h6-12,25H,5,13-15H2,1-4H3,(H2,21,22,23). The lowest BCUT2D eigenvalue weighted by Gasteiger charge is -2.23. The molecule has 0 aliphatic heterocycles. The lowest BCUT2D eigenvalue weighted by molar-refractivity contribution is 0.0655. The van der Waals surface area contributed by atoms with Gasteiger partial charge in [-0.3, -0.25) is 0 Å². The van der Waals surface area contributed by atoms with Crippen LogP contribution in [0.2, 0.25) is 0 Å². The normalized spacial score (nSPS) is 14.3. The molecule has 6 heteroatoms. The van der Waals surface area contributed by atoms with Crippen molar-refractivity contribution in [3.8, 4) is 0 Å². The van der Waals surface area contributed by atoms with Crippen LogP contribution in [-0.2, 0) is 18.7 Å². The lowest BCUT2D eigenvalue weighted by atomic mass is 10.1. The Morgan fingerprint density at radius 2 is 1.96 bits per heavy atom. The highest BCUT2D eigenvalue weighted by Crippen LogP contribution is 2.24. The minimum atomic E-state index is -0.921. The molecule has 1 unspecified atom stereocenters. The van der Waals surface area contributed by atoms with Crippen molar-refractivity contribution in [1.82, 2.24) is 15.5 Å². The number of aliphatic imine (C=N–C) groups is 1. The number of aliphatic hydroxyl groups is 1. The molecule has 0 saturated heterocycles. The third-order valence-electron chi connectivity index (χ3n) is 3.91. The quantitative estimate of drug-likeness (QED) is 0.491. The first-order valence-corrected chi connectivity index (χ1v) is 9.80. The minimum Gasteiger partial charge on any atom is -0.383 e. The highest BCUT2D eigenvalue weighted by Gasteiger charge is 2.24. The summed E-state index contributed by atoms with van der Waals surface area (Å²) in [6, 6.07) is 12.4. The zero-order valence-corrected chi connectivity index (χ0v) is 16.9. The highest BCUT2D eigenvalue weighted by molar-refractivity contribution is 7.10. The van der Waals surface area contributed by atoms with Crippen LogP contribution in [0.15, 0.2) is 46.8 Å². The van der Waals surface area contributed by atoms with Crippen molar-refractivity contribution in [2.75, 3.05) is 27.2 Å². The van der Waals surface area contributed by atoms with Gasteiger partial charge in [-0.05, 0) is 50.5 Å². The van der Waals surface area contributed by atoms with Crippen LogP contribution < -0.4 is 10.6 Å². The molecular weight excluding hydrogens is 344 g/mol. The van der Waals surface area contributed by atoms with E-state index >= 15 is 0 Å². The van der Waals surface area contributed by atoms with Gasteiger partial charge in [-0.25, -0.2) is 4.99 Å². The first kappa shape index (κ1) is 20.4. The fourth-order valence-corrected chi connectivity index (χ4v) is 3.42. The molecule has 0 spiro atoms. The van der Waals surface area contributed by atoms with Gasteiger partial charge in [0.2, 0.25) is 0 Å². The molecule has 1 aromatic heterocycles. The number of benzene rings is 1. The third kappa shape index (κ3) is 6.44. The SMILES string of the molecule is CCNC(=NCc1cccc(CN(C)C)c1)NCC(C)(O)c1cccs1. The molecule has 0 aliphatic carbocycles. The summed E-state index contributed by atoms with van der Waals surface area (Å²) in [6.07, 6.45) is 0. The van der Waals surface area contributed by atoms with Crippen LogP contribution in [0.4, 0.5) is 0 Å². The summed E-state index contributed by atoms with van der Waals surface area (Å²) in [5, 5.41) is 19.1. The second kappa shape index (κ2) is 9.71. The summed E-state index contributed by atoms with van der Waals surface area (Å²) in [4.78, 5) is 7.76. The number of thiophene rings is 1. The van der Waals surface area contributed by atoms with E-state index in [-0.39, 0.29) is 0 Å². The van der Waals surface area contributed by atoms with Crippen molar-refractivity contribution in [2.24, 2.45) is 4.99 Å². The molecule has 2 aromatic rings. The summed E-state index contributed by atoms with van der Waals surface area (Å²) in [7, 11) is 4.13. The first-order valence-electron chi connectivity index (χ1n) is 8.92. The molecule has 0 saturated carbocycles. The van der Waals surface area contributed by atoms with Crippen LogP contribution in [-0.4, -0.2) is 43.2 Å². The summed E-state index contributed by atoms with van der Waals surface area (Å²) < 4.78 is 0. The molecule has 1 aromatic carbocycles. The Labute approximate surface area is 160 Å². The number of nitrogens with one attached hydrogen (secondary N) is 2. The molecule has 142 valence electrons. The molecule has 1 atom stereocenters. The Kier molecular flexibility index (Phi) is 7.63. The van der Waals surface area contributed by atoms with E-state index in [2.05, 4.69) is 58.9 Å². The van der Waals surface area contributed by atoms with Crippen LogP contribution in [0.1, 0.15) is 29.9 Å². The van der Waals surface area contributed by atoms with E-state index in [4.69, 9.17) is 0 Å². The van der Waals surface area contributed by atoms with Gasteiger partial charge < -0.3 is 20.6 Å². The molecule has 0 fully saturated rings. The van der Waals surface area contributed by atoms with Gasteiger partial charge in [-0.2, -0.15) is 0 Å². The van der Waals surface area contributed by atoms with Gasteiger partial charge in [0, 0.05) is 18.0 Å². The topological polar surface area (TPSA) is 59.9 Å². The van der Waals surface area contributed by atoms with Crippen LogP contribution >= 0.6 is 11.3 Å². The van der Waals surface area contributed by atoms with Gasteiger partial charge in [0.1, 0.15) is 5.60 Å². The molecule has 0 amide bonds. The number of nitrogens with zero attached hydrogens (tertiary/aromatic N) is 2. The van der Waals surface area contributed by atoms with Gasteiger partial charge >= 0.3 is 0 Å². The largest absolute Gasteiger partial charge is 0.383 e. The van der Waals surface area contributed by atoms with Crippen molar-refractivity contribution < 1.29 is 5.11 Å². The van der Waals surface area contributed by atoms with Crippen molar-refractivity contribution in [3.63, 3.8) is 0 Å². The van der Waals surface area contributed by atoms with E-state index in [9.17, 15) is 5.11 Å². The average Bonchev–Trinajstić information content (AvgIpc) is 3.13. The second-order valence-corrected chi connectivity index (χ2v) is 7.81. The zero-order valence-electron chi connectivity index (χ0n) is 16.1. The molecule has 0 bridgehead atoms. The first-order chi connectivity index (χ1) is 12.4. The molecule has 1 heterocycles. The number of hydrogen-bond donors (Lipinski definition) is 3. The van der Waals surface area contributed by atoms with Crippen molar-refractivity contribution in [3.05, 3.63) is 57.8 Å². The summed E-state index contributed by atoms with van der Waals surface area (Å²) >= 11 is 1.56. The Balaban J connectivity index is 2.00. The summed E-state index contributed by atoms with van der Waals surface area (Å²) in [5.41, 5.74) is 1.53. The smallest absolute Gasteiger partial charge is 0.191 e. The second-order valence-electron chi connectivity index (χ2n) is 6.86. The maximum absolute atomic E-state index is 10.7. The van der Waals surface area contributed by atoms with Gasteiger partial charge in [-0.15, -0.1) is 11.3 Å². The van der Waals surface area contributed by atoms with Gasteiger partial charge in [0.25, 0.3) is 0 Å². The Hall–Kier alpha value is -1.89. The zero-order chi connectivity index (χ0) is 19.0. The highest BCUT2D eigenvalue weighted by atomic mass is 32.1. The van der Waals surface area contributed by atoms with Crippen molar-refractivity contribution in [2.45, 2.75) is 32.5 Å². The number of hydrogen-bond acceptors (Lipinski definition) is 4. The molecule has 5 nitrogen and oxygen atoms in total. The Bertz CT molecular complexity index is 696. The molecular formula is C20H30N4OS. The van der Waals surface area contributed by atoms with E-state index in [1.54, 1.807) is 11.3 Å². The van der Waals surface area contributed by atoms with Crippen molar-refractivity contribution >= 4 is 17.3 Å². The third-order valence-corrected chi connectivity index (χ3v) is 5.03. The summed E-state index contributed by atoms with van der Waals surface area (Å²) in [5.74, 6) is 0.711. The molecule has 0 aliphatic rings. The monoisotopic (exact) mass is 374 g/mol. The van der Waals surface area contributed by atoms with E-state index in [0.29, 0.717) is 19.0 Å². The van der Waals surface area contributed by atoms with Crippen molar-refractivity contribution in [1.29, 1.82) is 0 Å². The number of guanidine groups is 1. The fraction of sp³-hybridized carbons (Fsp3) is 0.450. The number of rotatable bonds is 8. The predicted octanol–water partition coefficient (Wildman–Crippen LogP) is 2.77. The van der Waals surface area contributed by atoms with Crippen LogP contribution in [0.25, 0.3) is 0 Å².